The smallest absolute Gasteiger partial charge is 0.190 e. The van der Waals surface area contributed by atoms with Crippen LogP contribution in [0.2, 0.25) is 0 Å². The maximum absolute atomic E-state index is 9.72. The van der Waals surface area contributed by atoms with E-state index >= 15 is 0 Å². The minimum atomic E-state index is -0.866. The number of rotatable bonds is 4. The Labute approximate surface area is 76.9 Å². The van der Waals surface area contributed by atoms with Crippen LogP contribution in [-0.4, -0.2) is 35.2 Å². The van der Waals surface area contributed by atoms with Gasteiger partial charge >= 0.3 is 0 Å². The van der Waals surface area contributed by atoms with Crippen molar-refractivity contribution in [1.29, 1.82) is 0 Å². The van der Waals surface area contributed by atoms with Crippen LogP contribution in [-0.2, 0) is 16.5 Å². The first-order valence-electron chi connectivity index (χ1n) is 3.91. The van der Waals surface area contributed by atoms with E-state index in [0.717, 1.165) is 0 Å². The van der Waals surface area contributed by atoms with Crippen molar-refractivity contribution < 1.29 is 14.6 Å². The lowest BCUT2D eigenvalue weighted by Crippen LogP contribution is -2.25. The number of methoxy groups -OCH3 is 2. The number of aliphatic hydroxyl groups is 1. The van der Waals surface area contributed by atoms with E-state index in [1.807, 2.05) is 0 Å². The fourth-order valence-electron chi connectivity index (χ4n) is 1.14. The van der Waals surface area contributed by atoms with Crippen LogP contribution in [0.5, 0.6) is 0 Å². The quantitative estimate of drug-likeness (QED) is 0.676. The molecular weight excluding hydrogens is 172 g/mol. The predicted octanol–water partition coefficient (Wildman–Crippen LogP) is 0.0724. The van der Waals surface area contributed by atoms with Crippen molar-refractivity contribution >= 4 is 0 Å². The van der Waals surface area contributed by atoms with E-state index in [-0.39, 0.29) is 0 Å². The van der Waals surface area contributed by atoms with Gasteiger partial charge in [0.15, 0.2) is 12.4 Å². The number of hydrogen-bond donors (Lipinski definition) is 1. The van der Waals surface area contributed by atoms with Crippen molar-refractivity contribution in [3.8, 4) is 0 Å². The molecule has 0 fully saturated rings. The van der Waals surface area contributed by atoms with Crippen molar-refractivity contribution in [3.05, 3.63) is 18.2 Å². The zero-order chi connectivity index (χ0) is 9.84. The van der Waals surface area contributed by atoms with Crippen LogP contribution in [0.4, 0.5) is 0 Å². The van der Waals surface area contributed by atoms with Gasteiger partial charge in [0.05, 0.1) is 0 Å². The third-order valence-electron chi connectivity index (χ3n) is 1.85. The van der Waals surface area contributed by atoms with E-state index in [2.05, 4.69) is 4.98 Å². The summed E-state index contributed by atoms with van der Waals surface area (Å²) in [6, 6.07) is 0. The number of nitrogens with zero attached hydrogens (tertiary/aromatic N) is 2. The number of imidazole rings is 1. The van der Waals surface area contributed by atoms with E-state index in [1.54, 1.807) is 24.0 Å². The Hall–Kier alpha value is -0.910. The van der Waals surface area contributed by atoms with Crippen molar-refractivity contribution in [1.82, 2.24) is 9.55 Å². The van der Waals surface area contributed by atoms with E-state index in [9.17, 15) is 5.11 Å². The summed E-state index contributed by atoms with van der Waals surface area (Å²) in [6.45, 7) is 0. The zero-order valence-corrected chi connectivity index (χ0v) is 7.97. The molecule has 1 aromatic rings. The average molecular weight is 186 g/mol. The van der Waals surface area contributed by atoms with Gasteiger partial charge in [-0.15, -0.1) is 0 Å². The Balaban J connectivity index is 2.77. The Kier molecular flexibility index (Phi) is 3.41. The maximum Gasteiger partial charge on any atom is 0.190 e. The van der Waals surface area contributed by atoms with E-state index in [4.69, 9.17) is 9.47 Å². The van der Waals surface area contributed by atoms with Crippen LogP contribution in [0.15, 0.2) is 12.4 Å². The third-order valence-corrected chi connectivity index (χ3v) is 1.85. The SMILES string of the molecule is COC(OC)C(O)c1nccn1C. The van der Waals surface area contributed by atoms with E-state index < -0.39 is 12.4 Å². The molecule has 13 heavy (non-hydrogen) atoms. The lowest BCUT2D eigenvalue weighted by molar-refractivity contribution is -0.169. The van der Waals surface area contributed by atoms with Gasteiger partial charge in [0, 0.05) is 33.7 Å². The molecule has 0 bridgehead atoms. The Morgan fingerprint density at radius 1 is 1.46 bits per heavy atom. The summed E-state index contributed by atoms with van der Waals surface area (Å²) >= 11 is 0. The highest BCUT2D eigenvalue weighted by molar-refractivity contribution is 4.96. The summed E-state index contributed by atoms with van der Waals surface area (Å²) in [6.07, 6.45) is 1.82. The molecule has 74 valence electrons. The fraction of sp³-hybridized carbons (Fsp3) is 0.625. The summed E-state index contributed by atoms with van der Waals surface area (Å²) in [5, 5.41) is 9.72. The molecule has 1 aromatic heterocycles. The molecule has 0 radical (unpaired) electrons. The van der Waals surface area contributed by atoms with E-state index in [0.29, 0.717) is 5.82 Å². The normalized spacial score (nSPS) is 13.6. The second kappa shape index (κ2) is 4.36. The third kappa shape index (κ3) is 2.06. The molecule has 0 saturated carbocycles. The Bertz CT molecular complexity index is 258. The first kappa shape index (κ1) is 10.2. The Morgan fingerprint density at radius 3 is 2.46 bits per heavy atom. The largest absolute Gasteiger partial charge is 0.380 e. The van der Waals surface area contributed by atoms with Crippen LogP contribution in [0, 0.1) is 0 Å². The van der Waals surface area contributed by atoms with E-state index in [1.165, 1.54) is 14.2 Å². The van der Waals surface area contributed by atoms with Crippen LogP contribution >= 0.6 is 0 Å². The van der Waals surface area contributed by atoms with Crippen molar-refractivity contribution in [2.75, 3.05) is 14.2 Å². The number of aromatic nitrogens is 2. The van der Waals surface area contributed by atoms with Crippen molar-refractivity contribution in [3.63, 3.8) is 0 Å². The minimum Gasteiger partial charge on any atom is -0.380 e. The van der Waals surface area contributed by atoms with Gasteiger partial charge in [-0.2, -0.15) is 0 Å². The molecule has 0 aliphatic heterocycles. The molecule has 5 heteroatoms. The number of ether oxygens (including phenoxy) is 2. The van der Waals surface area contributed by atoms with Gasteiger partial charge in [-0.3, -0.25) is 0 Å². The standard InChI is InChI=1S/C8H14N2O3/c1-10-5-4-9-7(10)6(11)8(12-2)13-3/h4-6,8,11H,1-3H3. The van der Waals surface area contributed by atoms with Gasteiger partial charge in [0.1, 0.15) is 5.82 Å². The number of aliphatic hydroxyl groups excluding tert-OH is 1. The molecule has 1 unspecified atom stereocenters. The highest BCUT2D eigenvalue weighted by Crippen LogP contribution is 2.16. The Morgan fingerprint density at radius 2 is 2.08 bits per heavy atom. The first-order chi connectivity index (χ1) is 6.20. The van der Waals surface area contributed by atoms with Crippen molar-refractivity contribution in [2.45, 2.75) is 12.4 Å². The van der Waals surface area contributed by atoms with Crippen molar-refractivity contribution in [2.24, 2.45) is 7.05 Å². The molecule has 0 spiro atoms. The molecule has 0 aromatic carbocycles. The van der Waals surface area contributed by atoms with Gasteiger partial charge in [0.2, 0.25) is 0 Å². The van der Waals surface area contributed by atoms with Gasteiger partial charge < -0.3 is 19.1 Å². The minimum absolute atomic E-state index is 0.522. The zero-order valence-electron chi connectivity index (χ0n) is 7.97. The molecule has 1 rings (SSSR count). The molecule has 1 N–H and O–H groups in total. The predicted molar refractivity (Wildman–Crippen MR) is 46.0 cm³/mol. The van der Waals surface area contributed by atoms with Crippen LogP contribution in [0.3, 0.4) is 0 Å². The first-order valence-corrected chi connectivity index (χ1v) is 3.91. The van der Waals surface area contributed by atoms with Crippen LogP contribution in [0.25, 0.3) is 0 Å². The topological polar surface area (TPSA) is 56.5 Å². The molecule has 5 nitrogen and oxygen atoms in total. The lowest BCUT2D eigenvalue weighted by Gasteiger charge is -2.19. The summed E-state index contributed by atoms with van der Waals surface area (Å²) in [4.78, 5) is 3.99. The highest BCUT2D eigenvalue weighted by atomic mass is 16.7. The molecular formula is C8H14N2O3. The van der Waals surface area contributed by atoms with Gasteiger partial charge in [-0.1, -0.05) is 0 Å². The summed E-state index contributed by atoms with van der Waals surface area (Å²) < 4.78 is 11.5. The number of aryl methyl sites for hydroxylation is 1. The maximum atomic E-state index is 9.72. The molecule has 0 amide bonds. The number of hydrogen-bond acceptors (Lipinski definition) is 4. The molecule has 1 atom stereocenters. The second-order valence-electron chi connectivity index (χ2n) is 2.68. The van der Waals surface area contributed by atoms with Gasteiger partial charge in [0.25, 0.3) is 0 Å². The summed E-state index contributed by atoms with van der Waals surface area (Å²) in [5.41, 5.74) is 0. The highest BCUT2D eigenvalue weighted by Gasteiger charge is 2.23. The average Bonchev–Trinajstić information content (AvgIpc) is 2.53. The fourth-order valence-corrected chi connectivity index (χ4v) is 1.14. The molecule has 1 heterocycles. The molecule has 0 aliphatic carbocycles. The monoisotopic (exact) mass is 186 g/mol. The van der Waals surface area contributed by atoms with Crippen LogP contribution in [0.1, 0.15) is 11.9 Å². The van der Waals surface area contributed by atoms with Crippen LogP contribution < -0.4 is 0 Å². The molecule has 0 saturated heterocycles. The molecule has 0 aliphatic rings. The lowest BCUT2D eigenvalue weighted by atomic mass is 10.3. The van der Waals surface area contributed by atoms with Gasteiger partial charge in [-0.05, 0) is 0 Å². The summed E-state index contributed by atoms with van der Waals surface area (Å²) in [7, 11) is 4.74. The summed E-state index contributed by atoms with van der Waals surface area (Å²) in [5.74, 6) is 0.522. The van der Waals surface area contributed by atoms with Gasteiger partial charge in [-0.25, -0.2) is 4.98 Å². The second-order valence-corrected chi connectivity index (χ2v) is 2.68.